The molecule has 6 aliphatic rings. The van der Waals surface area contributed by atoms with E-state index >= 15 is 19.2 Å². The smallest absolute Gasteiger partial charge is 0.339 e. The van der Waals surface area contributed by atoms with Gasteiger partial charge in [-0.2, -0.15) is 0 Å². The van der Waals surface area contributed by atoms with Crippen molar-refractivity contribution in [1.29, 1.82) is 0 Å². The Morgan fingerprint density at radius 2 is 1.07 bits per heavy atom. The van der Waals surface area contributed by atoms with Crippen molar-refractivity contribution in [2.75, 3.05) is 6.61 Å². The molecule has 5 heterocycles. The number of fused-ring (bicyclic) bond motifs is 5. The van der Waals surface area contributed by atoms with Gasteiger partial charge in [-0.25, -0.2) is 19.2 Å². The second kappa shape index (κ2) is 17.6. The first-order valence-corrected chi connectivity index (χ1v) is 23.4. The number of rotatable bonds is 4. The van der Waals surface area contributed by atoms with Crippen LogP contribution in [0.2, 0.25) is 0 Å². The van der Waals surface area contributed by atoms with Crippen LogP contribution in [-0.4, -0.2) is 171 Å². The number of carbonyl (C=O) groups is 6. The SMILES string of the molecule is CC(=O)O[C@H]1COC(=O)c2cc(O)c(O)c(O)c2-c2c(cc(O)c(O)c2O)C(=O)O[C@@H]1[C@@H]1OC(=O)c2cc(O)c(O)c3c2[C@H]2C4=C(C(=O)C(O)(O)[C@@]2(O)O3)[C@@H](c2c(O)cc(O)c3c2O[C@H](c2cc(O)c(O)c(O)c2)[C@@H](O)C3)[C@H]1OC4=O. The third-order valence-corrected chi connectivity index (χ3v) is 14.7. The van der Waals surface area contributed by atoms with Crippen LogP contribution in [0.4, 0.5) is 0 Å². The van der Waals surface area contributed by atoms with Crippen LogP contribution in [0.3, 0.4) is 0 Å². The minimum absolute atomic E-state index is 0.337. The molecule has 0 unspecified atom stereocenters. The topological polar surface area (TPSA) is 511 Å². The summed E-state index contributed by atoms with van der Waals surface area (Å²) in [6, 6.07) is 3.36. The summed E-state index contributed by atoms with van der Waals surface area (Å²) in [7, 11) is 0. The Morgan fingerprint density at radius 1 is 0.543 bits per heavy atom. The molecule has 1 aliphatic carbocycles. The molecule has 9 atom stereocenters. The fraction of sp³-hybridized carbons (Fsp3) is 0.255. The van der Waals surface area contributed by atoms with Gasteiger partial charge in [0.15, 0.2) is 82.3 Å². The summed E-state index contributed by atoms with van der Waals surface area (Å²) in [5.41, 5.74) is -10.9. The average molecular weight is 1130 g/mol. The Hall–Kier alpha value is -10.3. The number of phenolic OH excluding ortho intramolecular Hbond substituents is 13. The fourth-order valence-corrected chi connectivity index (χ4v) is 11.1. The van der Waals surface area contributed by atoms with Crippen molar-refractivity contribution < 1.29 is 149 Å². The second-order valence-electron chi connectivity index (χ2n) is 19.3. The number of Topliss-reactive ketones (excluding diaryl/α,β-unsaturated/α-hetero) is 1. The van der Waals surface area contributed by atoms with Crippen molar-refractivity contribution in [2.24, 2.45) is 0 Å². The Balaban J connectivity index is 1.23. The van der Waals surface area contributed by atoms with E-state index in [1.54, 1.807) is 0 Å². The highest BCUT2D eigenvalue weighted by atomic mass is 16.7. The summed E-state index contributed by atoms with van der Waals surface area (Å²) in [6.45, 7) is -0.732. The number of esters is 5. The van der Waals surface area contributed by atoms with Gasteiger partial charge in [-0.15, -0.1) is 0 Å². The van der Waals surface area contributed by atoms with Gasteiger partial charge in [-0.1, -0.05) is 0 Å². The van der Waals surface area contributed by atoms with Gasteiger partial charge in [-0.3, -0.25) is 9.59 Å². The molecule has 30 nitrogen and oxygen atoms in total. The van der Waals surface area contributed by atoms with E-state index < -0.39 is 251 Å². The van der Waals surface area contributed by atoms with E-state index in [1.165, 1.54) is 0 Å². The van der Waals surface area contributed by atoms with Gasteiger partial charge in [0, 0.05) is 58.4 Å². The van der Waals surface area contributed by atoms with E-state index in [0.29, 0.717) is 24.3 Å². The van der Waals surface area contributed by atoms with Gasteiger partial charge in [0.2, 0.25) is 23.0 Å². The molecule has 0 amide bonds. The lowest BCUT2D eigenvalue weighted by Gasteiger charge is -2.49. The molecular formula is C51H38O30. The number of ketones is 1. The Labute approximate surface area is 447 Å². The number of carbonyl (C=O) groups excluding carboxylic acids is 6. The van der Waals surface area contributed by atoms with E-state index in [9.17, 15) is 96.4 Å². The first-order chi connectivity index (χ1) is 38.0. The molecule has 0 fully saturated rings. The van der Waals surface area contributed by atoms with Crippen LogP contribution in [-0.2, 0) is 44.5 Å². The number of aliphatic hydroxyl groups is 4. The number of hydrogen-bond donors (Lipinski definition) is 17. The lowest BCUT2D eigenvalue weighted by molar-refractivity contribution is -0.324. The summed E-state index contributed by atoms with van der Waals surface area (Å²) < 4.78 is 40.5. The van der Waals surface area contributed by atoms with E-state index in [1.807, 2.05) is 0 Å². The third kappa shape index (κ3) is 7.33. The van der Waals surface area contributed by atoms with Crippen LogP contribution < -0.4 is 9.47 Å². The Kier molecular flexibility index (Phi) is 11.5. The number of hydrogen-bond acceptors (Lipinski definition) is 30. The molecule has 422 valence electrons. The summed E-state index contributed by atoms with van der Waals surface area (Å²) >= 11 is 0. The number of cyclic esters (lactones) is 3. The van der Waals surface area contributed by atoms with Crippen molar-refractivity contribution >= 4 is 35.6 Å². The molecule has 5 aromatic carbocycles. The lowest BCUT2D eigenvalue weighted by Crippen LogP contribution is -2.69. The summed E-state index contributed by atoms with van der Waals surface area (Å²) in [5.74, 6) is -42.8. The number of aromatic hydroxyl groups is 13. The zero-order valence-electron chi connectivity index (χ0n) is 40.4. The highest BCUT2D eigenvalue weighted by Gasteiger charge is 2.74. The Morgan fingerprint density at radius 3 is 1.68 bits per heavy atom. The molecule has 11 rings (SSSR count). The van der Waals surface area contributed by atoms with Gasteiger partial charge in [0.1, 0.15) is 23.9 Å². The lowest BCUT2D eigenvalue weighted by atomic mass is 9.64. The van der Waals surface area contributed by atoms with Crippen molar-refractivity contribution in [3.63, 3.8) is 0 Å². The molecule has 17 N–H and O–H groups in total. The standard InChI is InChI=1S/C51H38O30/c1-10(52)76-24-9-75-46(68)13-5-20(57)34(62)37(65)25(13)26-14(6-21(58)35(63)38(26)66)47(69)78-41(24)44-43-29(28-17(54)8-16(53)12-4-23(60)39(77-40(12)28)11-2-18(55)33(61)19(56)3-11)30-31(49(71)79-43)32-27-15(48(70)80-44)7-22(59)36(64)42(27)81-51(32,74)50(72,73)45(30)67/h2-3,5-8,23-24,29,32,39,41,43-44,53-66,72-74H,4,9H2,1H3/t23-,24-,29+,32-,39+,41-,43+,44-,51-/m0/s1. The highest BCUT2D eigenvalue weighted by Crippen LogP contribution is 2.65. The predicted molar refractivity (Wildman–Crippen MR) is 250 cm³/mol. The molecule has 0 radical (unpaired) electrons. The van der Waals surface area contributed by atoms with E-state index in [-0.39, 0.29) is 5.56 Å². The molecule has 5 aromatic rings. The monoisotopic (exact) mass is 1130 g/mol. The summed E-state index contributed by atoms with van der Waals surface area (Å²) in [6.07, 6.45) is -15.4. The van der Waals surface area contributed by atoms with Crippen molar-refractivity contribution in [3.05, 3.63) is 86.5 Å². The zero-order valence-corrected chi connectivity index (χ0v) is 40.4. The zero-order chi connectivity index (χ0) is 58.7. The average Bonchev–Trinajstić information content (AvgIpc) is 2.01. The molecule has 4 bridgehead atoms. The van der Waals surface area contributed by atoms with Crippen LogP contribution in [0.25, 0.3) is 11.1 Å². The van der Waals surface area contributed by atoms with Gasteiger partial charge < -0.3 is 120 Å². The number of ether oxygens (including phenoxy) is 7. The normalized spacial score (nSPS) is 26.0. The van der Waals surface area contributed by atoms with Gasteiger partial charge in [-0.05, 0) is 30.3 Å². The van der Waals surface area contributed by atoms with Crippen LogP contribution in [0.1, 0.15) is 78.2 Å². The maximum Gasteiger partial charge on any atom is 0.339 e. The van der Waals surface area contributed by atoms with Gasteiger partial charge in [0.25, 0.3) is 11.6 Å². The first-order valence-electron chi connectivity index (χ1n) is 23.4. The molecule has 0 saturated heterocycles. The van der Waals surface area contributed by atoms with Crippen LogP contribution in [0.5, 0.6) is 86.2 Å². The molecule has 30 heteroatoms. The minimum atomic E-state index is -4.39. The van der Waals surface area contributed by atoms with E-state index in [2.05, 4.69) is 0 Å². The summed E-state index contributed by atoms with van der Waals surface area (Å²) in [4.78, 5) is 87.9. The molecule has 0 spiro atoms. The largest absolute Gasteiger partial charge is 0.507 e. The van der Waals surface area contributed by atoms with E-state index in [0.717, 1.165) is 19.1 Å². The van der Waals surface area contributed by atoms with Crippen LogP contribution in [0.15, 0.2) is 47.5 Å². The number of benzene rings is 5. The second-order valence-corrected chi connectivity index (χ2v) is 19.3. The number of aliphatic hydroxyl groups excluding tert-OH is 1. The predicted octanol–water partition coefficient (Wildman–Crippen LogP) is -0.136. The molecule has 5 aliphatic heterocycles. The Bertz CT molecular complexity index is 3760. The van der Waals surface area contributed by atoms with Crippen molar-refractivity contribution in [2.45, 2.75) is 73.4 Å². The maximum absolute atomic E-state index is 15.2. The highest BCUT2D eigenvalue weighted by molar-refractivity contribution is 6.14. The third-order valence-electron chi connectivity index (χ3n) is 14.7. The quantitative estimate of drug-likeness (QED) is 0.0482. The molecule has 81 heavy (non-hydrogen) atoms. The van der Waals surface area contributed by atoms with E-state index in [4.69, 9.17) is 33.2 Å². The summed E-state index contributed by atoms with van der Waals surface area (Å²) in [5, 5.41) is 190. The molecule has 0 aromatic heterocycles. The molecular weight excluding hydrogens is 1090 g/mol. The molecule has 0 saturated carbocycles. The number of phenols is 13. The van der Waals surface area contributed by atoms with Crippen molar-refractivity contribution in [3.8, 4) is 97.4 Å². The minimum Gasteiger partial charge on any atom is -0.507 e. The van der Waals surface area contributed by atoms with Gasteiger partial charge >= 0.3 is 29.8 Å². The van der Waals surface area contributed by atoms with Crippen LogP contribution in [0, 0.1) is 0 Å². The van der Waals surface area contributed by atoms with Crippen LogP contribution >= 0.6 is 0 Å². The van der Waals surface area contributed by atoms with Gasteiger partial charge in [0.05, 0.1) is 40.2 Å². The first kappa shape index (κ1) is 52.7. The van der Waals surface area contributed by atoms with Crippen molar-refractivity contribution in [1.82, 2.24) is 0 Å². The maximum atomic E-state index is 15.2. The fourth-order valence-electron chi connectivity index (χ4n) is 11.1.